The van der Waals surface area contributed by atoms with Gasteiger partial charge in [0.15, 0.2) is 5.82 Å². The molecular weight excluding hydrogens is 226 g/mol. The highest BCUT2D eigenvalue weighted by Gasteiger charge is 2.17. The van der Waals surface area contributed by atoms with Gasteiger partial charge in [-0.1, -0.05) is 0 Å². The maximum Gasteiger partial charge on any atom is 0.295 e. The van der Waals surface area contributed by atoms with Crippen LogP contribution in [0.3, 0.4) is 0 Å². The Morgan fingerprint density at radius 1 is 1.56 bits per heavy atom. The van der Waals surface area contributed by atoms with Gasteiger partial charge in [-0.3, -0.25) is 4.79 Å². The molecule has 1 aliphatic rings. The second-order valence-electron chi connectivity index (χ2n) is 3.64. The second kappa shape index (κ2) is 5.25. The molecular formula is C10H15N3O2S. The number of thioether (sulfide) groups is 1. The van der Waals surface area contributed by atoms with E-state index in [1.807, 2.05) is 11.8 Å². The van der Waals surface area contributed by atoms with Gasteiger partial charge in [0.1, 0.15) is 0 Å². The Labute approximate surface area is 98.0 Å². The fourth-order valence-electron chi connectivity index (χ4n) is 1.71. The van der Waals surface area contributed by atoms with Crippen molar-refractivity contribution in [2.75, 3.05) is 23.9 Å². The molecule has 1 fully saturated rings. The van der Waals surface area contributed by atoms with E-state index in [0.29, 0.717) is 11.9 Å². The van der Waals surface area contributed by atoms with Crippen LogP contribution >= 0.6 is 11.8 Å². The molecule has 1 saturated heterocycles. The highest BCUT2D eigenvalue weighted by atomic mass is 32.2. The third-order valence-corrected chi connectivity index (χ3v) is 3.63. The largest absolute Gasteiger partial charge is 0.489 e. The number of H-pyrrole nitrogens is 1. The van der Waals surface area contributed by atoms with Gasteiger partial charge in [0.25, 0.3) is 5.56 Å². The molecule has 1 aromatic heterocycles. The highest BCUT2D eigenvalue weighted by Crippen LogP contribution is 2.22. The molecule has 1 aliphatic heterocycles. The SMILES string of the molecule is COc1c(NC2CCSCC2)nc[nH]c1=O. The molecule has 2 rings (SSSR count). The number of aromatic nitrogens is 2. The Morgan fingerprint density at radius 3 is 3.00 bits per heavy atom. The molecule has 5 nitrogen and oxygen atoms in total. The topological polar surface area (TPSA) is 67.0 Å². The smallest absolute Gasteiger partial charge is 0.295 e. The third-order valence-electron chi connectivity index (χ3n) is 2.58. The summed E-state index contributed by atoms with van der Waals surface area (Å²) in [6, 6.07) is 0.393. The van der Waals surface area contributed by atoms with Crippen molar-refractivity contribution in [3.05, 3.63) is 16.7 Å². The zero-order valence-corrected chi connectivity index (χ0v) is 9.97. The number of methoxy groups -OCH3 is 1. The van der Waals surface area contributed by atoms with E-state index >= 15 is 0 Å². The predicted octanol–water partition coefficient (Wildman–Crippen LogP) is 1.09. The summed E-state index contributed by atoms with van der Waals surface area (Å²) in [5, 5.41) is 3.27. The molecule has 0 amide bonds. The van der Waals surface area contributed by atoms with Crippen LogP contribution in [-0.2, 0) is 0 Å². The van der Waals surface area contributed by atoms with E-state index in [1.54, 1.807) is 0 Å². The van der Waals surface area contributed by atoms with Crippen LogP contribution in [0.5, 0.6) is 5.75 Å². The Balaban J connectivity index is 2.13. The Bertz CT molecular complexity index is 401. The number of hydrogen-bond acceptors (Lipinski definition) is 5. The molecule has 88 valence electrons. The van der Waals surface area contributed by atoms with Gasteiger partial charge in [0, 0.05) is 6.04 Å². The number of aromatic amines is 1. The summed E-state index contributed by atoms with van der Waals surface area (Å²) in [5.74, 6) is 3.12. The number of hydrogen-bond donors (Lipinski definition) is 2. The van der Waals surface area contributed by atoms with Crippen molar-refractivity contribution in [1.29, 1.82) is 0 Å². The molecule has 0 aromatic carbocycles. The van der Waals surface area contributed by atoms with Crippen LogP contribution in [0.1, 0.15) is 12.8 Å². The number of ether oxygens (including phenoxy) is 1. The number of anilines is 1. The fraction of sp³-hybridized carbons (Fsp3) is 0.600. The van der Waals surface area contributed by atoms with E-state index in [0.717, 1.165) is 24.3 Å². The minimum absolute atomic E-state index is 0.245. The van der Waals surface area contributed by atoms with Crippen LogP contribution in [0.2, 0.25) is 0 Å². The molecule has 0 atom stereocenters. The maximum atomic E-state index is 11.4. The summed E-state index contributed by atoms with van der Waals surface area (Å²) in [5.41, 5.74) is -0.245. The van der Waals surface area contributed by atoms with Gasteiger partial charge in [0.2, 0.25) is 5.75 Å². The molecule has 0 spiro atoms. The van der Waals surface area contributed by atoms with Crippen molar-refractivity contribution >= 4 is 17.6 Å². The minimum atomic E-state index is -0.245. The first-order valence-electron chi connectivity index (χ1n) is 5.27. The lowest BCUT2D eigenvalue weighted by atomic mass is 10.1. The minimum Gasteiger partial charge on any atom is -0.489 e. The molecule has 16 heavy (non-hydrogen) atoms. The Hall–Kier alpha value is -1.17. The summed E-state index contributed by atoms with van der Waals surface area (Å²) < 4.78 is 5.04. The first-order valence-corrected chi connectivity index (χ1v) is 6.42. The second-order valence-corrected chi connectivity index (χ2v) is 4.87. The van der Waals surface area contributed by atoms with Crippen LogP contribution in [0.4, 0.5) is 5.82 Å². The monoisotopic (exact) mass is 241 g/mol. The third kappa shape index (κ3) is 2.49. The first kappa shape index (κ1) is 11.3. The van der Waals surface area contributed by atoms with Gasteiger partial charge < -0.3 is 15.0 Å². The molecule has 6 heteroatoms. The van der Waals surface area contributed by atoms with Crippen LogP contribution in [0.25, 0.3) is 0 Å². The average molecular weight is 241 g/mol. The van der Waals surface area contributed by atoms with Crippen molar-refractivity contribution in [2.45, 2.75) is 18.9 Å². The summed E-state index contributed by atoms with van der Waals surface area (Å²) in [7, 11) is 1.48. The lowest BCUT2D eigenvalue weighted by Gasteiger charge is -2.23. The van der Waals surface area contributed by atoms with E-state index in [4.69, 9.17) is 4.74 Å². The molecule has 0 bridgehead atoms. The average Bonchev–Trinajstić information content (AvgIpc) is 2.31. The number of nitrogens with one attached hydrogen (secondary N) is 2. The normalized spacial score (nSPS) is 17.1. The molecule has 0 radical (unpaired) electrons. The molecule has 2 heterocycles. The maximum absolute atomic E-state index is 11.4. The van der Waals surface area contributed by atoms with Gasteiger partial charge >= 0.3 is 0 Å². The van der Waals surface area contributed by atoms with Crippen molar-refractivity contribution in [1.82, 2.24) is 9.97 Å². The summed E-state index contributed by atoms with van der Waals surface area (Å²) in [4.78, 5) is 18.0. The quantitative estimate of drug-likeness (QED) is 0.829. The lowest BCUT2D eigenvalue weighted by molar-refractivity contribution is 0.407. The van der Waals surface area contributed by atoms with Crippen LogP contribution < -0.4 is 15.6 Å². The number of rotatable bonds is 3. The van der Waals surface area contributed by atoms with E-state index in [-0.39, 0.29) is 11.3 Å². The summed E-state index contributed by atoms with van der Waals surface area (Å²) in [6.07, 6.45) is 3.59. The van der Waals surface area contributed by atoms with Crippen LogP contribution in [-0.4, -0.2) is 34.6 Å². The molecule has 1 aromatic rings. The molecule has 0 aliphatic carbocycles. The zero-order chi connectivity index (χ0) is 11.4. The molecule has 0 saturated carbocycles. The van der Waals surface area contributed by atoms with E-state index in [2.05, 4.69) is 15.3 Å². The Morgan fingerprint density at radius 2 is 2.31 bits per heavy atom. The molecule has 0 unspecified atom stereocenters. The van der Waals surface area contributed by atoms with Crippen molar-refractivity contribution in [3.63, 3.8) is 0 Å². The summed E-state index contributed by atoms with van der Waals surface area (Å²) in [6.45, 7) is 0. The van der Waals surface area contributed by atoms with E-state index < -0.39 is 0 Å². The van der Waals surface area contributed by atoms with Crippen molar-refractivity contribution in [2.24, 2.45) is 0 Å². The summed E-state index contributed by atoms with van der Waals surface area (Å²) >= 11 is 1.96. The van der Waals surface area contributed by atoms with Crippen molar-refractivity contribution < 1.29 is 4.74 Å². The van der Waals surface area contributed by atoms with Gasteiger partial charge in [-0.05, 0) is 24.3 Å². The van der Waals surface area contributed by atoms with Gasteiger partial charge in [-0.2, -0.15) is 11.8 Å². The predicted molar refractivity (Wildman–Crippen MR) is 65.4 cm³/mol. The van der Waals surface area contributed by atoms with E-state index in [9.17, 15) is 4.79 Å². The lowest BCUT2D eigenvalue weighted by Crippen LogP contribution is -2.26. The standard InChI is InChI=1S/C10H15N3O2S/c1-15-8-9(11-6-12-10(8)14)13-7-2-4-16-5-3-7/h6-7H,2-5H2,1H3,(H2,11,12,13,14). The van der Waals surface area contributed by atoms with Crippen LogP contribution in [0.15, 0.2) is 11.1 Å². The fourth-order valence-corrected chi connectivity index (χ4v) is 2.82. The van der Waals surface area contributed by atoms with Gasteiger partial charge in [0.05, 0.1) is 13.4 Å². The van der Waals surface area contributed by atoms with Gasteiger partial charge in [-0.25, -0.2) is 4.98 Å². The van der Waals surface area contributed by atoms with Gasteiger partial charge in [-0.15, -0.1) is 0 Å². The van der Waals surface area contributed by atoms with E-state index in [1.165, 1.54) is 13.4 Å². The highest BCUT2D eigenvalue weighted by molar-refractivity contribution is 7.99. The number of nitrogens with zero attached hydrogens (tertiary/aromatic N) is 1. The zero-order valence-electron chi connectivity index (χ0n) is 9.16. The van der Waals surface area contributed by atoms with Crippen LogP contribution in [0, 0.1) is 0 Å². The molecule has 2 N–H and O–H groups in total. The Kier molecular flexibility index (Phi) is 3.71. The van der Waals surface area contributed by atoms with Crippen molar-refractivity contribution in [3.8, 4) is 5.75 Å². The first-order chi connectivity index (χ1) is 7.81.